The van der Waals surface area contributed by atoms with Gasteiger partial charge in [-0.2, -0.15) is 0 Å². The molecule has 5 rings (SSSR count). The normalized spacial score (nSPS) is 14.6. The summed E-state index contributed by atoms with van der Waals surface area (Å²) in [4.78, 5) is 12.8. The Kier molecular flexibility index (Phi) is 4.16. The van der Waals surface area contributed by atoms with E-state index in [0.717, 1.165) is 23.6 Å². The third kappa shape index (κ3) is 2.99. The summed E-state index contributed by atoms with van der Waals surface area (Å²) in [5.41, 5.74) is 1.03. The highest BCUT2D eigenvalue weighted by Gasteiger charge is 2.19. The molecule has 1 aliphatic rings. The quantitative estimate of drug-likeness (QED) is 0.325. The lowest BCUT2D eigenvalue weighted by Crippen LogP contribution is -2.14. The summed E-state index contributed by atoms with van der Waals surface area (Å²) in [5, 5.41) is 26.4. The summed E-state index contributed by atoms with van der Waals surface area (Å²) in [6, 6.07) is 16.5. The van der Waals surface area contributed by atoms with Crippen molar-refractivity contribution >= 4 is 27.4 Å². The van der Waals surface area contributed by atoms with Crippen molar-refractivity contribution in [2.75, 3.05) is 5.32 Å². The Morgan fingerprint density at radius 2 is 1.72 bits per heavy atom. The molecule has 0 spiro atoms. The van der Waals surface area contributed by atoms with Gasteiger partial charge in [0.25, 0.3) is 0 Å². The Labute approximate surface area is 167 Å². The van der Waals surface area contributed by atoms with E-state index in [9.17, 15) is 15.0 Å². The molecule has 0 amide bonds. The molecule has 0 aliphatic heterocycles. The smallest absolute Gasteiger partial charge is 0.235 e. The molecule has 1 heterocycles. The highest BCUT2D eigenvalue weighted by molar-refractivity contribution is 6.04. The van der Waals surface area contributed by atoms with Crippen LogP contribution in [0.5, 0.6) is 11.5 Å². The molecule has 4 aromatic rings. The average Bonchev–Trinajstić information content (AvgIpc) is 3.25. The molecule has 29 heavy (non-hydrogen) atoms. The molecule has 1 aliphatic carbocycles. The van der Waals surface area contributed by atoms with E-state index in [1.165, 1.54) is 18.9 Å². The number of anilines is 1. The van der Waals surface area contributed by atoms with E-state index >= 15 is 0 Å². The highest BCUT2D eigenvalue weighted by atomic mass is 16.4. The van der Waals surface area contributed by atoms with E-state index in [1.807, 2.05) is 30.3 Å². The molecule has 3 N–H and O–H groups in total. The van der Waals surface area contributed by atoms with Gasteiger partial charge in [-0.15, -0.1) is 0 Å². The van der Waals surface area contributed by atoms with Gasteiger partial charge in [0.15, 0.2) is 5.76 Å². The minimum absolute atomic E-state index is 0.0570. The molecule has 5 heteroatoms. The molecule has 3 aromatic carbocycles. The van der Waals surface area contributed by atoms with Crippen LogP contribution in [0.3, 0.4) is 0 Å². The van der Waals surface area contributed by atoms with E-state index in [0.29, 0.717) is 28.3 Å². The van der Waals surface area contributed by atoms with Crippen molar-refractivity contribution in [2.45, 2.75) is 31.7 Å². The summed E-state index contributed by atoms with van der Waals surface area (Å²) in [5.74, 6) is -0.334. The van der Waals surface area contributed by atoms with Crippen molar-refractivity contribution in [3.05, 3.63) is 64.8 Å². The fourth-order valence-electron chi connectivity index (χ4n) is 4.19. The largest absolute Gasteiger partial charge is 0.506 e. The lowest BCUT2D eigenvalue weighted by molar-refractivity contribution is 0.449. The molecular weight excluding hydrogens is 366 g/mol. The summed E-state index contributed by atoms with van der Waals surface area (Å²) >= 11 is 0. The number of aromatic hydroxyl groups is 2. The molecule has 1 fully saturated rings. The van der Waals surface area contributed by atoms with Gasteiger partial charge >= 0.3 is 0 Å². The van der Waals surface area contributed by atoms with Gasteiger partial charge in [0, 0.05) is 17.0 Å². The number of phenolic OH excluding ortho intramolecular Hbond substituents is 1. The van der Waals surface area contributed by atoms with Gasteiger partial charge in [-0.3, -0.25) is 4.79 Å². The number of fused-ring (bicyclic) bond motifs is 3. The lowest BCUT2D eigenvalue weighted by Gasteiger charge is -2.15. The van der Waals surface area contributed by atoms with Crippen LogP contribution in [0.25, 0.3) is 33.1 Å². The molecule has 0 atom stereocenters. The lowest BCUT2D eigenvalue weighted by atomic mass is 10.0. The van der Waals surface area contributed by atoms with E-state index in [2.05, 4.69) is 5.32 Å². The summed E-state index contributed by atoms with van der Waals surface area (Å²) in [6.07, 6.45) is 4.57. The zero-order valence-corrected chi connectivity index (χ0v) is 15.8. The van der Waals surface area contributed by atoms with Crippen LogP contribution in [0.2, 0.25) is 0 Å². The standard InChI is InChI=1S/C24H21NO4/c26-20-13-15(10-12-19(20)25-16-6-2-3-7-16)23-22(28)21(27)18-11-9-14-5-1-4-8-17(14)24(18)29-23/h1,4-5,8-13,16,25-26,28H,2-3,6-7H2. The van der Waals surface area contributed by atoms with Gasteiger partial charge in [0.05, 0.1) is 11.1 Å². The highest BCUT2D eigenvalue weighted by Crippen LogP contribution is 2.37. The number of nitrogens with one attached hydrogen (secondary N) is 1. The molecule has 1 saturated carbocycles. The SMILES string of the molecule is O=c1c(O)c(-c2ccc(NC3CCCC3)c(O)c2)oc2c1ccc1ccccc12. The maximum absolute atomic E-state index is 12.8. The van der Waals surface area contributed by atoms with Crippen LogP contribution in [0.15, 0.2) is 63.8 Å². The van der Waals surface area contributed by atoms with Crippen LogP contribution < -0.4 is 10.7 Å². The van der Waals surface area contributed by atoms with Crippen molar-refractivity contribution in [2.24, 2.45) is 0 Å². The first-order chi connectivity index (χ1) is 14.1. The first-order valence-electron chi connectivity index (χ1n) is 9.89. The molecule has 5 nitrogen and oxygen atoms in total. The van der Waals surface area contributed by atoms with Crippen LogP contribution in [0.1, 0.15) is 25.7 Å². The Morgan fingerprint density at radius 1 is 0.931 bits per heavy atom. The maximum Gasteiger partial charge on any atom is 0.235 e. The molecule has 0 saturated heterocycles. The average molecular weight is 387 g/mol. The first kappa shape index (κ1) is 17.6. The fraction of sp³-hybridized carbons (Fsp3) is 0.208. The monoisotopic (exact) mass is 387 g/mol. The van der Waals surface area contributed by atoms with Gasteiger partial charge < -0.3 is 19.9 Å². The minimum atomic E-state index is -0.486. The van der Waals surface area contributed by atoms with Gasteiger partial charge in [-0.05, 0) is 42.5 Å². The Bertz CT molecular complexity index is 1290. The summed E-state index contributed by atoms with van der Waals surface area (Å²) in [7, 11) is 0. The van der Waals surface area contributed by atoms with Crippen molar-refractivity contribution in [3.8, 4) is 22.8 Å². The number of benzene rings is 3. The van der Waals surface area contributed by atoms with E-state index in [-0.39, 0.29) is 11.5 Å². The fourth-order valence-corrected chi connectivity index (χ4v) is 4.19. The number of hydrogen-bond acceptors (Lipinski definition) is 5. The van der Waals surface area contributed by atoms with Crippen LogP contribution in [0.4, 0.5) is 5.69 Å². The van der Waals surface area contributed by atoms with Gasteiger partial charge in [-0.1, -0.05) is 43.2 Å². The molecule has 1 aromatic heterocycles. The minimum Gasteiger partial charge on any atom is -0.506 e. The Balaban J connectivity index is 1.64. The maximum atomic E-state index is 12.8. The number of rotatable bonds is 3. The molecule has 0 bridgehead atoms. The van der Waals surface area contributed by atoms with Gasteiger partial charge in [-0.25, -0.2) is 0 Å². The van der Waals surface area contributed by atoms with Gasteiger partial charge in [0.2, 0.25) is 11.2 Å². The van der Waals surface area contributed by atoms with Gasteiger partial charge in [0.1, 0.15) is 11.3 Å². The Morgan fingerprint density at radius 3 is 2.52 bits per heavy atom. The predicted octanol–water partition coefficient (Wildman–Crippen LogP) is 5.38. The van der Waals surface area contributed by atoms with Crippen LogP contribution in [-0.4, -0.2) is 16.3 Å². The molecule has 0 radical (unpaired) electrons. The van der Waals surface area contributed by atoms with Crippen molar-refractivity contribution in [1.29, 1.82) is 0 Å². The van der Waals surface area contributed by atoms with E-state index in [1.54, 1.807) is 18.2 Å². The third-order valence-electron chi connectivity index (χ3n) is 5.73. The third-order valence-corrected chi connectivity index (χ3v) is 5.73. The number of hydrogen-bond donors (Lipinski definition) is 3. The molecule has 146 valence electrons. The first-order valence-corrected chi connectivity index (χ1v) is 9.89. The molecular formula is C24H21NO4. The van der Waals surface area contributed by atoms with Crippen molar-refractivity contribution in [1.82, 2.24) is 0 Å². The van der Waals surface area contributed by atoms with Crippen LogP contribution in [-0.2, 0) is 0 Å². The van der Waals surface area contributed by atoms with E-state index < -0.39 is 11.2 Å². The van der Waals surface area contributed by atoms with Crippen molar-refractivity contribution < 1.29 is 14.6 Å². The Hall–Kier alpha value is -3.47. The van der Waals surface area contributed by atoms with Crippen molar-refractivity contribution in [3.63, 3.8) is 0 Å². The summed E-state index contributed by atoms with van der Waals surface area (Å²) in [6.45, 7) is 0. The molecule has 0 unspecified atom stereocenters. The van der Waals surface area contributed by atoms with Crippen LogP contribution >= 0.6 is 0 Å². The predicted molar refractivity (Wildman–Crippen MR) is 115 cm³/mol. The zero-order valence-electron chi connectivity index (χ0n) is 15.8. The number of phenols is 1. The second-order valence-electron chi connectivity index (χ2n) is 7.63. The topological polar surface area (TPSA) is 82.7 Å². The zero-order chi connectivity index (χ0) is 20.0. The van der Waals surface area contributed by atoms with E-state index in [4.69, 9.17) is 4.42 Å². The van der Waals surface area contributed by atoms with Crippen LogP contribution in [0, 0.1) is 0 Å². The summed E-state index contributed by atoms with van der Waals surface area (Å²) < 4.78 is 6.02. The second kappa shape index (κ2) is 6.85. The second-order valence-corrected chi connectivity index (χ2v) is 7.63.